The van der Waals surface area contributed by atoms with Gasteiger partial charge in [-0.25, -0.2) is 0 Å². The molecule has 0 unspecified atom stereocenters. The molecule has 2 amide bonds. The highest BCUT2D eigenvalue weighted by molar-refractivity contribution is 5.92. The lowest BCUT2D eigenvalue weighted by Crippen LogP contribution is -2.45. The molecular weight excluding hydrogens is 544 g/mol. The fourth-order valence-corrected chi connectivity index (χ4v) is 6.16. The van der Waals surface area contributed by atoms with E-state index in [4.69, 9.17) is 0 Å². The quantitative estimate of drug-likeness (QED) is 0.349. The van der Waals surface area contributed by atoms with Crippen LogP contribution in [-0.4, -0.2) is 79.3 Å². The monoisotopic (exact) mass is 588 g/mol. The second-order valence-corrected chi connectivity index (χ2v) is 12.3. The van der Waals surface area contributed by atoms with E-state index in [1.165, 1.54) is 6.07 Å². The van der Waals surface area contributed by atoms with Crippen LogP contribution in [0, 0.1) is 11.8 Å². The number of phenolic OH excluding ortho intramolecular Hbond substituents is 2. The van der Waals surface area contributed by atoms with Crippen LogP contribution in [0.3, 0.4) is 0 Å². The molecule has 230 valence electrons. The fraction of sp³-hybridized carbons (Fsp3) is 0.515. The zero-order valence-corrected chi connectivity index (χ0v) is 25.7. The van der Waals surface area contributed by atoms with Crippen molar-refractivity contribution in [2.24, 2.45) is 11.8 Å². The summed E-state index contributed by atoms with van der Waals surface area (Å²) < 4.78 is 1.64. The van der Waals surface area contributed by atoms with E-state index in [0.717, 1.165) is 64.0 Å². The van der Waals surface area contributed by atoms with Crippen LogP contribution in [0.5, 0.6) is 11.5 Å². The molecule has 10 nitrogen and oxygen atoms in total. The van der Waals surface area contributed by atoms with Crippen LogP contribution >= 0.6 is 0 Å². The molecule has 2 aromatic carbocycles. The average molecular weight is 589 g/mol. The molecule has 5 rings (SSSR count). The second-order valence-electron chi connectivity index (χ2n) is 12.3. The Morgan fingerprint density at radius 3 is 2.26 bits per heavy atom. The molecular formula is C33H44N6O4. The number of carbonyl (C=O) groups excluding carboxylic acids is 2. The Bertz CT molecular complexity index is 1430. The molecule has 1 aromatic heterocycles. The number of rotatable bonds is 8. The normalized spacial score (nSPS) is 17.0. The van der Waals surface area contributed by atoms with Crippen molar-refractivity contribution in [1.29, 1.82) is 0 Å². The van der Waals surface area contributed by atoms with Crippen molar-refractivity contribution in [3.05, 3.63) is 53.3 Å². The summed E-state index contributed by atoms with van der Waals surface area (Å²) in [5.74, 6) is 1.09. The van der Waals surface area contributed by atoms with Crippen LogP contribution in [0.25, 0.3) is 17.1 Å². The first kappa shape index (κ1) is 30.5. The highest BCUT2D eigenvalue weighted by atomic mass is 16.3. The van der Waals surface area contributed by atoms with Crippen LogP contribution in [0.2, 0.25) is 0 Å². The molecule has 2 saturated heterocycles. The predicted molar refractivity (Wildman–Crippen MR) is 165 cm³/mol. The molecule has 3 N–H and O–H groups in total. The summed E-state index contributed by atoms with van der Waals surface area (Å²) in [6, 6.07) is 10.9. The molecule has 0 aliphatic carbocycles. The van der Waals surface area contributed by atoms with E-state index in [2.05, 4.69) is 32.2 Å². The Hall–Kier alpha value is -3.92. The predicted octanol–water partition coefficient (Wildman–Crippen LogP) is 4.69. The number of nitrogens with zero attached hydrogens (tertiary/aromatic N) is 5. The van der Waals surface area contributed by atoms with Gasteiger partial charge in [-0.15, -0.1) is 10.2 Å². The molecule has 0 bridgehead atoms. The van der Waals surface area contributed by atoms with Crippen LogP contribution < -0.4 is 5.32 Å². The van der Waals surface area contributed by atoms with E-state index >= 15 is 0 Å². The number of aromatic hydroxyl groups is 2. The molecule has 3 aromatic rings. The number of phenols is 2. The molecule has 0 spiro atoms. The maximum atomic E-state index is 13.0. The summed E-state index contributed by atoms with van der Waals surface area (Å²) in [7, 11) is 0. The minimum absolute atomic E-state index is 0.00476. The third-order valence-electron chi connectivity index (χ3n) is 8.84. The molecule has 2 aliphatic rings. The lowest BCUT2D eigenvalue weighted by atomic mass is 9.92. The molecule has 0 saturated carbocycles. The minimum Gasteiger partial charge on any atom is -0.508 e. The smallest absolute Gasteiger partial charge is 0.289 e. The van der Waals surface area contributed by atoms with E-state index in [1.807, 2.05) is 45.0 Å². The van der Waals surface area contributed by atoms with Crippen LogP contribution in [0.15, 0.2) is 36.4 Å². The van der Waals surface area contributed by atoms with Gasteiger partial charge >= 0.3 is 0 Å². The number of hydrogen-bond acceptors (Lipinski definition) is 7. The summed E-state index contributed by atoms with van der Waals surface area (Å²) in [6.45, 7) is 12.8. The molecule has 43 heavy (non-hydrogen) atoms. The van der Waals surface area contributed by atoms with Crippen LogP contribution in [-0.2, 0) is 11.3 Å². The van der Waals surface area contributed by atoms with Crippen molar-refractivity contribution in [2.75, 3.05) is 32.7 Å². The van der Waals surface area contributed by atoms with Crippen molar-refractivity contribution in [1.82, 2.24) is 29.9 Å². The van der Waals surface area contributed by atoms with Gasteiger partial charge in [0, 0.05) is 43.9 Å². The summed E-state index contributed by atoms with van der Waals surface area (Å²) in [5, 5.41) is 32.4. The topological polar surface area (TPSA) is 124 Å². The van der Waals surface area contributed by atoms with Crippen LogP contribution in [0.4, 0.5) is 0 Å². The van der Waals surface area contributed by atoms with E-state index in [0.29, 0.717) is 41.0 Å². The Morgan fingerprint density at radius 2 is 1.63 bits per heavy atom. The molecule has 3 heterocycles. The van der Waals surface area contributed by atoms with E-state index in [-0.39, 0.29) is 35.1 Å². The van der Waals surface area contributed by atoms with Crippen molar-refractivity contribution < 1.29 is 19.8 Å². The SMILES string of the molecule is CCNC(=O)c1nnc(-c2cc(C(C)C)c(O)cc2O)n1-c1ccc(CN2CCC(C(=O)N3CCC(C)CC3)CC2)cc1. The number of amides is 2. The van der Waals surface area contributed by atoms with Crippen LogP contribution in [0.1, 0.15) is 81.0 Å². The van der Waals surface area contributed by atoms with Crippen molar-refractivity contribution in [2.45, 2.75) is 65.8 Å². The first-order chi connectivity index (χ1) is 20.7. The molecule has 10 heteroatoms. The minimum atomic E-state index is -0.371. The molecule has 2 aliphatic heterocycles. The van der Waals surface area contributed by atoms with E-state index in [1.54, 1.807) is 10.6 Å². The van der Waals surface area contributed by atoms with Gasteiger partial charge in [-0.05, 0) is 86.9 Å². The van der Waals surface area contributed by atoms with Crippen molar-refractivity contribution in [3.8, 4) is 28.6 Å². The fourth-order valence-electron chi connectivity index (χ4n) is 6.16. The van der Waals surface area contributed by atoms with Gasteiger partial charge < -0.3 is 20.4 Å². The second kappa shape index (κ2) is 13.2. The molecule has 0 radical (unpaired) electrons. The van der Waals surface area contributed by atoms with Gasteiger partial charge in [-0.2, -0.15) is 0 Å². The van der Waals surface area contributed by atoms with Crippen molar-refractivity contribution >= 4 is 11.8 Å². The van der Waals surface area contributed by atoms with Gasteiger partial charge in [-0.1, -0.05) is 32.9 Å². The largest absolute Gasteiger partial charge is 0.508 e. The maximum absolute atomic E-state index is 13.0. The van der Waals surface area contributed by atoms with Gasteiger partial charge in [0.25, 0.3) is 5.91 Å². The summed E-state index contributed by atoms with van der Waals surface area (Å²) in [4.78, 5) is 30.5. The molecule has 0 atom stereocenters. The third-order valence-corrected chi connectivity index (χ3v) is 8.84. The van der Waals surface area contributed by atoms with Crippen molar-refractivity contribution in [3.63, 3.8) is 0 Å². The van der Waals surface area contributed by atoms with Gasteiger partial charge in [0.15, 0.2) is 5.82 Å². The molecule has 2 fully saturated rings. The first-order valence-electron chi connectivity index (χ1n) is 15.6. The lowest BCUT2D eigenvalue weighted by molar-refractivity contribution is -0.138. The number of piperidine rings is 2. The number of likely N-dealkylation sites (tertiary alicyclic amines) is 2. The maximum Gasteiger partial charge on any atom is 0.289 e. The first-order valence-corrected chi connectivity index (χ1v) is 15.6. The number of benzene rings is 2. The number of carbonyl (C=O) groups is 2. The highest BCUT2D eigenvalue weighted by Gasteiger charge is 2.30. The van der Waals surface area contributed by atoms with E-state index < -0.39 is 0 Å². The average Bonchev–Trinajstić information content (AvgIpc) is 3.43. The number of hydrogen-bond donors (Lipinski definition) is 3. The standard InChI is InChI=1S/C33H44N6O4/c1-5-34-32(42)31-36-35-30(27-18-26(21(2)3)28(40)19-29(27)41)39(31)25-8-6-23(7-9-25)20-37-14-12-24(13-15-37)33(43)38-16-10-22(4)11-17-38/h6-9,18-19,21-22,24,40-41H,5,10-17,20H2,1-4H3,(H,34,42). The summed E-state index contributed by atoms with van der Waals surface area (Å²) >= 11 is 0. The van der Waals surface area contributed by atoms with Gasteiger partial charge in [0.2, 0.25) is 11.7 Å². The Balaban J connectivity index is 1.32. The Kier molecular flexibility index (Phi) is 9.34. The highest BCUT2D eigenvalue weighted by Crippen LogP contribution is 2.38. The third kappa shape index (κ3) is 6.69. The van der Waals surface area contributed by atoms with Gasteiger partial charge in [0.1, 0.15) is 11.5 Å². The summed E-state index contributed by atoms with van der Waals surface area (Å²) in [5.41, 5.74) is 2.85. The Labute approximate surface area is 253 Å². The Morgan fingerprint density at radius 1 is 0.953 bits per heavy atom. The number of nitrogens with one attached hydrogen (secondary N) is 1. The lowest BCUT2D eigenvalue weighted by Gasteiger charge is -2.36. The summed E-state index contributed by atoms with van der Waals surface area (Å²) in [6.07, 6.45) is 3.99. The zero-order valence-electron chi connectivity index (χ0n) is 25.7. The number of aromatic nitrogens is 3. The van der Waals surface area contributed by atoms with E-state index in [9.17, 15) is 19.8 Å². The zero-order chi connectivity index (χ0) is 30.7. The van der Waals surface area contributed by atoms with Gasteiger partial charge in [0.05, 0.1) is 5.56 Å². The van der Waals surface area contributed by atoms with Gasteiger partial charge in [-0.3, -0.25) is 19.1 Å².